The van der Waals surface area contributed by atoms with Crippen molar-refractivity contribution in [2.45, 2.75) is 90.9 Å². The summed E-state index contributed by atoms with van der Waals surface area (Å²) in [6.07, 6.45) is 23.1. The van der Waals surface area contributed by atoms with Crippen LogP contribution in [0.2, 0.25) is 0 Å². The molecule has 0 fully saturated rings. The third-order valence-electron chi connectivity index (χ3n) is 3.64. The Bertz CT molecular complexity index is 292. The molecule has 0 N–H and O–H groups in total. The predicted molar refractivity (Wildman–Crippen MR) is 96.0 cm³/mol. The normalized spacial score (nSPS) is 11.5. The van der Waals surface area contributed by atoms with E-state index >= 15 is 0 Å². The Kier molecular flexibility index (Phi) is 17.1. The zero-order valence-electron chi connectivity index (χ0n) is 14.8. The van der Waals surface area contributed by atoms with Crippen LogP contribution in [0.15, 0.2) is 24.3 Å². The van der Waals surface area contributed by atoms with Crippen LogP contribution in [0.5, 0.6) is 0 Å². The first-order valence-corrected chi connectivity index (χ1v) is 9.26. The highest BCUT2D eigenvalue weighted by atomic mass is 16.5. The quantitative estimate of drug-likeness (QED) is 0.200. The van der Waals surface area contributed by atoms with Gasteiger partial charge in [0, 0.05) is 6.42 Å². The average molecular weight is 309 g/mol. The first kappa shape index (κ1) is 20.9. The van der Waals surface area contributed by atoms with E-state index in [1.165, 1.54) is 51.4 Å². The topological polar surface area (TPSA) is 26.3 Å². The number of rotatable bonds is 15. The van der Waals surface area contributed by atoms with Crippen LogP contribution in [-0.2, 0) is 9.53 Å². The van der Waals surface area contributed by atoms with E-state index in [9.17, 15) is 4.79 Å². The highest BCUT2D eigenvalue weighted by Crippen LogP contribution is 2.08. The fourth-order valence-electron chi connectivity index (χ4n) is 2.31. The van der Waals surface area contributed by atoms with Crippen molar-refractivity contribution in [1.29, 1.82) is 0 Å². The van der Waals surface area contributed by atoms with Gasteiger partial charge in [0.05, 0.1) is 6.61 Å². The van der Waals surface area contributed by atoms with E-state index in [0.29, 0.717) is 13.0 Å². The molecule has 0 heterocycles. The maximum atomic E-state index is 11.1. The minimum atomic E-state index is -0.0480. The number of allylic oxidation sites excluding steroid dienone is 4. The molecule has 22 heavy (non-hydrogen) atoms. The minimum Gasteiger partial charge on any atom is -0.466 e. The summed E-state index contributed by atoms with van der Waals surface area (Å²) in [6.45, 7) is 4.60. The molecular weight excluding hydrogens is 272 g/mol. The van der Waals surface area contributed by atoms with Crippen LogP contribution in [0.1, 0.15) is 90.9 Å². The Hall–Kier alpha value is -1.05. The summed E-state index contributed by atoms with van der Waals surface area (Å²) in [4.78, 5) is 11.1. The summed E-state index contributed by atoms with van der Waals surface area (Å²) >= 11 is 0. The zero-order valence-corrected chi connectivity index (χ0v) is 14.8. The molecule has 128 valence electrons. The van der Waals surface area contributed by atoms with E-state index in [4.69, 9.17) is 4.74 Å². The Morgan fingerprint density at radius 2 is 1.36 bits per heavy atom. The maximum Gasteiger partial charge on any atom is 0.305 e. The minimum absolute atomic E-state index is 0.0480. The van der Waals surface area contributed by atoms with E-state index in [-0.39, 0.29) is 5.97 Å². The molecule has 2 nitrogen and oxygen atoms in total. The molecule has 0 aromatic rings. The summed E-state index contributed by atoms with van der Waals surface area (Å²) in [5, 5.41) is 0. The highest BCUT2D eigenvalue weighted by Gasteiger charge is 2.00. The zero-order chi connectivity index (χ0) is 16.3. The SMILES string of the molecule is CCCCC/C=C/C/C=C/CCCCCCCC(=O)OCC. The van der Waals surface area contributed by atoms with Crippen molar-refractivity contribution in [1.82, 2.24) is 0 Å². The van der Waals surface area contributed by atoms with Crippen LogP contribution in [0.4, 0.5) is 0 Å². The van der Waals surface area contributed by atoms with E-state index < -0.39 is 0 Å². The molecule has 2 heteroatoms. The summed E-state index contributed by atoms with van der Waals surface area (Å²) in [7, 11) is 0. The number of hydrogen-bond acceptors (Lipinski definition) is 2. The van der Waals surface area contributed by atoms with Gasteiger partial charge in [-0.2, -0.15) is 0 Å². The van der Waals surface area contributed by atoms with Gasteiger partial charge in [0.1, 0.15) is 0 Å². The third kappa shape index (κ3) is 17.0. The van der Waals surface area contributed by atoms with Gasteiger partial charge in [0.2, 0.25) is 0 Å². The fourth-order valence-corrected chi connectivity index (χ4v) is 2.31. The Labute approximate surface area is 138 Å². The predicted octanol–water partition coefficient (Wildman–Crippen LogP) is 6.36. The molecule has 0 spiro atoms. The number of unbranched alkanes of at least 4 members (excludes halogenated alkanes) is 8. The molecular formula is C20H36O2. The number of hydrogen-bond donors (Lipinski definition) is 0. The summed E-state index contributed by atoms with van der Waals surface area (Å²) in [5.74, 6) is -0.0480. The van der Waals surface area contributed by atoms with Crippen LogP contribution >= 0.6 is 0 Å². The first-order valence-electron chi connectivity index (χ1n) is 9.26. The van der Waals surface area contributed by atoms with Crippen LogP contribution in [-0.4, -0.2) is 12.6 Å². The number of carbonyl (C=O) groups is 1. The standard InChI is InChI=1S/C20H36O2/c1-3-5-6-7-8-9-10-11-12-13-14-15-16-17-18-19-20(21)22-4-2/h8-9,11-12H,3-7,10,13-19H2,1-2H3/b9-8+,12-11+. The van der Waals surface area contributed by atoms with Crippen molar-refractivity contribution >= 4 is 5.97 Å². The lowest BCUT2D eigenvalue weighted by Gasteiger charge is -2.01. The van der Waals surface area contributed by atoms with Gasteiger partial charge >= 0.3 is 5.97 Å². The van der Waals surface area contributed by atoms with Crippen molar-refractivity contribution in [2.24, 2.45) is 0 Å². The lowest BCUT2D eigenvalue weighted by atomic mass is 10.1. The first-order chi connectivity index (χ1) is 10.8. The fraction of sp³-hybridized carbons (Fsp3) is 0.750. The smallest absolute Gasteiger partial charge is 0.305 e. The van der Waals surface area contributed by atoms with Crippen LogP contribution < -0.4 is 0 Å². The summed E-state index contributed by atoms with van der Waals surface area (Å²) in [5.41, 5.74) is 0. The van der Waals surface area contributed by atoms with E-state index in [1.54, 1.807) is 0 Å². The largest absolute Gasteiger partial charge is 0.466 e. The Morgan fingerprint density at radius 3 is 2.00 bits per heavy atom. The molecule has 0 saturated carbocycles. The van der Waals surface area contributed by atoms with Gasteiger partial charge in [-0.05, 0) is 45.4 Å². The molecule has 0 unspecified atom stereocenters. The molecule has 0 aliphatic heterocycles. The van der Waals surface area contributed by atoms with Crippen molar-refractivity contribution in [3.05, 3.63) is 24.3 Å². The van der Waals surface area contributed by atoms with Gasteiger partial charge in [0.15, 0.2) is 0 Å². The summed E-state index contributed by atoms with van der Waals surface area (Å²) < 4.78 is 4.91. The number of ether oxygens (including phenoxy) is 1. The monoisotopic (exact) mass is 308 g/mol. The molecule has 0 aromatic heterocycles. The molecule has 0 amide bonds. The second-order valence-electron chi connectivity index (χ2n) is 5.79. The van der Waals surface area contributed by atoms with E-state index in [0.717, 1.165) is 19.3 Å². The van der Waals surface area contributed by atoms with Crippen LogP contribution in [0.3, 0.4) is 0 Å². The van der Waals surface area contributed by atoms with Gasteiger partial charge in [-0.25, -0.2) is 0 Å². The molecule has 0 saturated heterocycles. The summed E-state index contributed by atoms with van der Waals surface area (Å²) in [6, 6.07) is 0. The lowest BCUT2D eigenvalue weighted by Crippen LogP contribution is -2.03. The van der Waals surface area contributed by atoms with Gasteiger partial charge in [-0.3, -0.25) is 4.79 Å². The van der Waals surface area contributed by atoms with Crippen molar-refractivity contribution in [2.75, 3.05) is 6.61 Å². The molecule has 0 rings (SSSR count). The second kappa shape index (κ2) is 18.0. The molecule has 0 aliphatic carbocycles. The highest BCUT2D eigenvalue weighted by molar-refractivity contribution is 5.69. The molecule has 0 aliphatic rings. The average Bonchev–Trinajstić information content (AvgIpc) is 2.51. The van der Waals surface area contributed by atoms with Crippen LogP contribution in [0, 0.1) is 0 Å². The number of carbonyl (C=O) groups excluding carboxylic acids is 1. The van der Waals surface area contributed by atoms with Crippen molar-refractivity contribution in [3.63, 3.8) is 0 Å². The Balaban J connectivity index is 3.22. The molecule has 0 bridgehead atoms. The Morgan fingerprint density at radius 1 is 0.773 bits per heavy atom. The third-order valence-corrected chi connectivity index (χ3v) is 3.64. The van der Waals surface area contributed by atoms with Gasteiger partial charge in [-0.1, -0.05) is 63.3 Å². The van der Waals surface area contributed by atoms with E-state index in [1.807, 2.05) is 6.92 Å². The lowest BCUT2D eigenvalue weighted by molar-refractivity contribution is -0.143. The van der Waals surface area contributed by atoms with E-state index in [2.05, 4.69) is 31.2 Å². The van der Waals surface area contributed by atoms with Gasteiger partial charge in [-0.15, -0.1) is 0 Å². The maximum absolute atomic E-state index is 11.1. The van der Waals surface area contributed by atoms with Gasteiger partial charge < -0.3 is 4.74 Å². The van der Waals surface area contributed by atoms with Crippen molar-refractivity contribution in [3.8, 4) is 0 Å². The second-order valence-corrected chi connectivity index (χ2v) is 5.79. The molecule has 0 atom stereocenters. The number of esters is 1. The molecule has 0 radical (unpaired) electrons. The molecule has 0 aromatic carbocycles. The van der Waals surface area contributed by atoms with Crippen molar-refractivity contribution < 1.29 is 9.53 Å². The van der Waals surface area contributed by atoms with Gasteiger partial charge in [0.25, 0.3) is 0 Å². The van der Waals surface area contributed by atoms with Crippen LogP contribution in [0.25, 0.3) is 0 Å².